The number of nitrogens with one attached hydrogen (secondary N) is 1. The Morgan fingerprint density at radius 1 is 1.13 bits per heavy atom. The van der Waals surface area contributed by atoms with Gasteiger partial charge in [-0.15, -0.1) is 6.58 Å². The monoisotopic (exact) mass is 420 g/mol. The third-order valence-electron chi connectivity index (χ3n) is 6.72. The molecular formula is C26H29FN2O2. The molecule has 1 heterocycles. The summed E-state index contributed by atoms with van der Waals surface area (Å²) < 4.78 is 14.5. The molecule has 1 saturated heterocycles. The Hall–Kier alpha value is -2.95. The molecule has 2 aromatic rings. The zero-order valence-electron chi connectivity index (χ0n) is 17.8. The highest BCUT2D eigenvalue weighted by molar-refractivity contribution is 5.87. The third kappa shape index (κ3) is 4.27. The molecule has 2 amide bonds. The molecule has 1 aliphatic heterocycles. The van der Waals surface area contributed by atoms with Crippen LogP contribution in [0.1, 0.15) is 31.2 Å². The van der Waals surface area contributed by atoms with Gasteiger partial charge in [0, 0.05) is 31.1 Å². The van der Waals surface area contributed by atoms with E-state index in [0.29, 0.717) is 38.0 Å². The van der Waals surface area contributed by atoms with Crippen molar-refractivity contribution in [1.29, 1.82) is 0 Å². The van der Waals surface area contributed by atoms with Crippen molar-refractivity contribution in [3.05, 3.63) is 72.6 Å². The summed E-state index contributed by atoms with van der Waals surface area (Å²) in [5, 5.41) is 2.95. The van der Waals surface area contributed by atoms with E-state index in [1.165, 1.54) is 6.07 Å². The first-order valence-electron chi connectivity index (χ1n) is 11.0. The third-order valence-corrected chi connectivity index (χ3v) is 6.72. The molecule has 4 nitrogen and oxygen atoms in total. The van der Waals surface area contributed by atoms with Crippen LogP contribution in [0, 0.1) is 17.2 Å². The Morgan fingerprint density at radius 2 is 1.84 bits per heavy atom. The van der Waals surface area contributed by atoms with Gasteiger partial charge in [-0.25, -0.2) is 4.39 Å². The topological polar surface area (TPSA) is 49.4 Å². The van der Waals surface area contributed by atoms with E-state index < -0.39 is 5.41 Å². The summed E-state index contributed by atoms with van der Waals surface area (Å²) in [6.45, 7) is 5.06. The van der Waals surface area contributed by atoms with Crippen molar-refractivity contribution in [2.45, 2.75) is 32.1 Å². The Bertz CT molecular complexity index is 985. The van der Waals surface area contributed by atoms with Gasteiger partial charge in [0.25, 0.3) is 0 Å². The van der Waals surface area contributed by atoms with Gasteiger partial charge < -0.3 is 10.2 Å². The molecular weight excluding hydrogens is 391 g/mol. The lowest BCUT2D eigenvalue weighted by Crippen LogP contribution is -2.46. The lowest BCUT2D eigenvalue weighted by molar-refractivity contribution is -0.138. The Morgan fingerprint density at radius 3 is 2.52 bits per heavy atom. The van der Waals surface area contributed by atoms with Crippen LogP contribution >= 0.6 is 0 Å². The summed E-state index contributed by atoms with van der Waals surface area (Å²) in [6, 6.07) is 14.4. The quantitative estimate of drug-likeness (QED) is 0.677. The minimum Gasteiger partial charge on any atom is -0.352 e. The average Bonchev–Trinajstić information content (AvgIpc) is 3.17. The fraction of sp³-hybridized carbons (Fsp3) is 0.385. The van der Waals surface area contributed by atoms with Crippen LogP contribution in [0.4, 0.5) is 4.39 Å². The number of benzene rings is 2. The normalized spacial score (nSPS) is 20.9. The molecule has 5 heteroatoms. The maximum absolute atomic E-state index is 14.5. The largest absolute Gasteiger partial charge is 0.352 e. The van der Waals surface area contributed by atoms with Gasteiger partial charge in [-0.1, -0.05) is 55.0 Å². The number of nitrogens with zero attached hydrogens (tertiary/aromatic N) is 1. The van der Waals surface area contributed by atoms with Crippen LogP contribution < -0.4 is 5.32 Å². The Balaban J connectivity index is 1.65. The molecule has 0 aromatic heterocycles. The van der Waals surface area contributed by atoms with E-state index in [2.05, 4.69) is 11.9 Å². The highest BCUT2D eigenvalue weighted by atomic mass is 19.1. The number of amides is 2. The highest BCUT2D eigenvalue weighted by Crippen LogP contribution is 2.40. The maximum atomic E-state index is 14.5. The van der Waals surface area contributed by atoms with E-state index in [4.69, 9.17) is 0 Å². The highest BCUT2D eigenvalue weighted by Gasteiger charge is 2.47. The zero-order chi connectivity index (χ0) is 21.8. The summed E-state index contributed by atoms with van der Waals surface area (Å²) in [5.74, 6) is -0.0715. The molecule has 162 valence electrons. The van der Waals surface area contributed by atoms with E-state index in [9.17, 15) is 14.0 Å². The van der Waals surface area contributed by atoms with Crippen molar-refractivity contribution in [2.75, 3.05) is 19.6 Å². The smallest absolute Gasteiger partial charge is 0.228 e. The lowest BCUT2D eigenvalue weighted by Gasteiger charge is -2.32. The van der Waals surface area contributed by atoms with E-state index in [0.717, 1.165) is 30.4 Å². The Kier molecular flexibility index (Phi) is 6.21. The molecule has 1 N–H and O–H groups in total. The second-order valence-corrected chi connectivity index (χ2v) is 8.73. The minimum atomic E-state index is -0.732. The SMILES string of the molecule is C=CCNC(=O)[C@@]1(Cc2ccccc2-c2ccccc2F)CCN(C(=O)C2CCC2)C1. The standard InChI is InChI=1S/C26H29FN2O2/c1-2-15-28-25(31)26(14-16-29(18-26)24(30)19-9-7-10-19)17-20-8-3-4-11-21(20)22-12-5-6-13-23(22)27/h2-6,8,11-13,19H,1,7,9-10,14-18H2,(H,28,31)/t26-/m1/s1. The van der Waals surface area contributed by atoms with Crippen molar-refractivity contribution < 1.29 is 14.0 Å². The predicted octanol–water partition coefficient (Wildman–Crippen LogP) is 4.36. The van der Waals surface area contributed by atoms with Crippen molar-refractivity contribution >= 4 is 11.8 Å². The van der Waals surface area contributed by atoms with E-state index in [-0.39, 0.29) is 23.5 Å². The van der Waals surface area contributed by atoms with Gasteiger partial charge in [-0.3, -0.25) is 9.59 Å². The molecule has 1 saturated carbocycles. The summed E-state index contributed by atoms with van der Waals surface area (Å²) in [5.41, 5.74) is 1.50. The first-order chi connectivity index (χ1) is 15.0. The van der Waals surface area contributed by atoms with Crippen molar-refractivity contribution in [3.8, 4) is 11.1 Å². The van der Waals surface area contributed by atoms with Crippen LogP contribution in [0.2, 0.25) is 0 Å². The fourth-order valence-electron chi connectivity index (χ4n) is 4.72. The van der Waals surface area contributed by atoms with E-state index >= 15 is 0 Å². The lowest BCUT2D eigenvalue weighted by atomic mass is 9.78. The van der Waals surface area contributed by atoms with Crippen molar-refractivity contribution in [1.82, 2.24) is 10.2 Å². The van der Waals surface area contributed by atoms with Gasteiger partial charge in [0.1, 0.15) is 5.82 Å². The molecule has 1 aliphatic carbocycles. The van der Waals surface area contributed by atoms with Crippen LogP contribution in [0.3, 0.4) is 0 Å². The predicted molar refractivity (Wildman–Crippen MR) is 120 cm³/mol. The van der Waals surface area contributed by atoms with Crippen LogP contribution in [0.15, 0.2) is 61.2 Å². The molecule has 4 rings (SSSR count). The minimum absolute atomic E-state index is 0.0698. The number of hydrogen-bond donors (Lipinski definition) is 1. The number of likely N-dealkylation sites (tertiary alicyclic amines) is 1. The summed E-state index contributed by atoms with van der Waals surface area (Å²) in [7, 11) is 0. The second kappa shape index (κ2) is 9.04. The number of rotatable bonds is 7. The Labute approximate surface area is 183 Å². The van der Waals surface area contributed by atoms with Crippen molar-refractivity contribution in [2.24, 2.45) is 11.3 Å². The number of hydrogen-bond acceptors (Lipinski definition) is 2. The van der Waals surface area contributed by atoms with Crippen LogP contribution in [-0.4, -0.2) is 36.3 Å². The molecule has 2 fully saturated rings. The second-order valence-electron chi connectivity index (χ2n) is 8.73. The summed E-state index contributed by atoms with van der Waals surface area (Å²) >= 11 is 0. The van der Waals surface area contributed by atoms with Gasteiger partial charge in [-0.2, -0.15) is 0 Å². The fourth-order valence-corrected chi connectivity index (χ4v) is 4.72. The molecule has 0 spiro atoms. The van der Waals surface area contributed by atoms with E-state index in [1.54, 1.807) is 18.2 Å². The molecule has 2 aromatic carbocycles. The number of carbonyl (C=O) groups is 2. The molecule has 0 radical (unpaired) electrons. The molecule has 0 bridgehead atoms. The van der Waals surface area contributed by atoms with Gasteiger partial charge in [0.05, 0.1) is 5.41 Å². The van der Waals surface area contributed by atoms with Gasteiger partial charge in [-0.05, 0) is 42.9 Å². The molecule has 31 heavy (non-hydrogen) atoms. The summed E-state index contributed by atoms with van der Waals surface area (Å²) in [4.78, 5) is 28.0. The van der Waals surface area contributed by atoms with E-state index in [1.807, 2.05) is 35.2 Å². The number of halogens is 1. The van der Waals surface area contributed by atoms with Crippen LogP contribution in [0.5, 0.6) is 0 Å². The van der Waals surface area contributed by atoms with Crippen molar-refractivity contribution in [3.63, 3.8) is 0 Å². The average molecular weight is 421 g/mol. The zero-order valence-corrected chi connectivity index (χ0v) is 17.8. The first kappa shape index (κ1) is 21.3. The van der Waals surface area contributed by atoms with Crippen LogP contribution in [-0.2, 0) is 16.0 Å². The summed E-state index contributed by atoms with van der Waals surface area (Å²) in [6.07, 6.45) is 5.70. The van der Waals surface area contributed by atoms with Crippen LogP contribution in [0.25, 0.3) is 11.1 Å². The maximum Gasteiger partial charge on any atom is 0.228 e. The molecule has 0 unspecified atom stereocenters. The van der Waals surface area contributed by atoms with Gasteiger partial charge in [0.2, 0.25) is 11.8 Å². The first-order valence-corrected chi connectivity index (χ1v) is 11.0. The molecule has 2 aliphatic rings. The van der Waals surface area contributed by atoms with Gasteiger partial charge in [0.15, 0.2) is 0 Å². The molecule has 1 atom stereocenters. The van der Waals surface area contributed by atoms with Gasteiger partial charge >= 0.3 is 0 Å². The number of carbonyl (C=O) groups excluding carboxylic acids is 2.